The van der Waals surface area contributed by atoms with Gasteiger partial charge in [-0.05, 0) is 6.42 Å². The lowest BCUT2D eigenvalue weighted by molar-refractivity contribution is 1.41. The minimum atomic E-state index is 0.979. The minimum Gasteiger partial charge on any atom is -0.106 e. The van der Waals surface area contributed by atoms with Gasteiger partial charge >= 0.3 is 0 Å². The number of allylic oxidation sites excluding steroid dienone is 2. The van der Waals surface area contributed by atoms with E-state index in [1.807, 2.05) is 23.6 Å². The van der Waals surface area contributed by atoms with E-state index in [1.165, 1.54) is 0 Å². The maximum absolute atomic E-state index is 3.19. The van der Waals surface area contributed by atoms with Crippen LogP contribution in [0.1, 0.15) is 6.42 Å². The van der Waals surface area contributed by atoms with Crippen molar-refractivity contribution in [3.63, 3.8) is 0 Å². The Labute approximate surface area is 51.2 Å². The maximum atomic E-state index is 3.19. The highest BCUT2D eigenvalue weighted by atomic mass is 28.1. The van der Waals surface area contributed by atoms with Crippen LogP contribution in [0.15, 0.2) is 23.6 Å². The van der Waals surface area contributed by atoms with Crippen molar-refractivity contribution in [3.8, 4) is 0 Å². The first-order chi connectivity index (χ1) is 3.41. The first kappa shape index (κ1) is 6.91. The van der Waals surface area contributed by atoms with Crippen molar-refractivity contribution in [3.05, 3.63) is 23.6 Å². The van der Waals surface area contributed by atoms with E-state index in [2.05, 4.69) is 20.5 Å². The standard InChI is InChI=1S/C5H6Si2/c6-4-2-1-3-5-7/h2-5H,1H2/b4-2+,5-3+. The summed E-state index contributed by atoms with van der Waals surface area (Å²) in [4.78, 5) is 0. The summed E-state index contributed by atoms with van der Waals surface area (Å²) in [7, 11) is 6.38. The molecule has 0 heterocycles. The van der Waals surface area contributed by atoms with Crippen LogP contribution >= 0.6 is 0 Å². The van der Waals surface area contributed by atoms with Crippen LogP contribution in [0.5, 0.6) is 0 Å². The Morgan fingerprint density at radius 2 is 1.43 bits per heavy atom. The lowest BCUT2D eigenvalue weighted by Gasteiger charge is -1.73. The van der Waals surface area contributed by atoms with Gasteiger partial charge < -0.3 is 0 Å². The van der Waals surface area contributed by atoms with Crippen LogP contribution in [0.3, 0.4) is 0 Å². The SMILES string of the molecule is [Si]/C=C/C/C=C/[Si]. The highest BCUT2D eigenvalue weighted by Crippen LogP contribution is 1.80. The van der Waals surface area contributed by atoms with Crippen LogP contribution in [0.4, 0.5) is 0 Å². The quantitative estimate of drug-likeness (QED) is 0.474. The maximum Gasteiger partial charge on any atom is 0.0596 e. The fourth-order valence-electron chi connectivity index (χ4n) is 0.215. The van der Waals surface area contributed by atoms with Gasteiger partial charge in [-0.15, -0.1) is 11.4 Å². The summed E-state index contributed by atoms with van der Waals surface area (Å²) in [5.74, 6) is 0. The summed E-state index contributed by atoms with van der Waals surface area (Å²) in [5, 5.41) is 0. The lowest BCUT2D eigenvalue weighted by Crippen LogP contribution is -1.57. The van der Waals surface area contributed by atoms with Crippen molar-refractivity contribution in [1.82, 2.24) is 0 Å². The molecule has 0 aromatic carbocycles. The van der Waals surface area contributed by atoms with Crippen LogP contribution in [-0.2, 0) is 0 Å². The zero-order chi connectivity index (χ0) is 5.54. The average Bonchev–Trinajstić information content (AvgIpc) is 1.69. The molecule has 0 atom stereocenters. The fraction of sp³-hybridized carbons (Fsp3) is 0.200. The highest BCUT2D eigenvalue weighted by Gasteiger charge is 1.61. The zero-order valence-electron chi connectivity index (χ0n) is 4.02. The van der Waals surface area contributed by atoms with Gasteiger partial charge in [0.05, 0.1) is 20.5 Å². The number of hydrogen-bond acceptors (Lipinski definition) is 0. The van der Waals surface area contributed by atoms with Crippen LogP contribution in [-0.4, -0.2) is 20.5 Å². The van der Waals surface area contributed by atoms with Crippen molar-refractivity contribution in [2.75, 3.05) is 0 Å². The van der Waals surface area contributed by atoms with Gasteiger partial charge in [-0.2, -0.15) is 0 Å². The second kappa shape index (κ2) is 5.91. The fourth-order valence-corrected chi connectivity index (χ4v) is 0.487. The highest BCUT2D eigenvalue weighted by molar-refractivity contribution is 6.17. The third kappa shape index (κ3) is 5.91. The molecule has 0 spiro atoms. The Kier molecular flexibility index (Phi) is 5.84. The molecule has 0 rings (SSSR count). The van der Waals surface area contributed by atoms with E-state index in [1.54, 1.807) is 0 Å². The predicted octanol–water partition coefficient (Wildman–Crippen LogP) is 0.741. The molecule has 6 radical (unpaired) electrons. The molecule has 7 heavy (non-hydrogen) atoms. The normalized spacial score (nSPS) is 11.7. The van der Waals surface area contributed by atoms with E-state index in [0.717, 1.165) is 6.42 Å². The van der Waals surface area contributed by atoms with E-state index in [9.17, 15) is 0 Å². The van der Waals surface area contributed by atoms with Gasteiger partial charge in [0.2, 0.25) is 0 Å². The molecule has 0 saturated carbocycles. The molecular formula is C5H6Si2. The molecule has 0 N–H and O–H groups in total. The van der Waals surface area contributed by atoms with Gasteiger partial charge in [-0.1, -0.05) is 12.2 Å². The first-order valence-electron chi connectivity index (χ1n) is 2.06. The van der Waals surface area contributed by atoms with E-state index in [-0.39, 0.29) is 0 Å². The smallest absolute Gasteiger partial charge is 0.0596 e. The lowest BCUT2D eigenvalue weighted by atomic mass is 10.4. The molecule has 0 nitrogen and oxygen atoms in total. The molecule has 0 saturated heterocycles. The second-order valence-electron chi connectivity index (χ2n) is 1.04. The third-order valence-corrected chi connectivity index (χ3v) is 0.979. The summed E-state index contributed by atoms with van der Waals surface area (Å²) in [6.45, 7) is 0. The van der Waals surface area contributed by atoms with Gasteiger partial charge in [0.25, 0.3) is 0 Å². The zero-order valence-corrected chi connectivity index (χ0v) is 6.02. The average molecular weight is 122 g/mol. The summed E-state index contributed by atoms with van der Waals surface area (Å²) >= 11 is 0. The molecule has 0 fully saturated rings. The van der Waals surface area contributed by atoms with Crippen molar-refractivity contribution in [1.29, 1.82) is 0 Å². The van der Waals surface area contributed by atoms with Gasteiger partial charge in [-0.3, -0.25) is 0 Å². The number of rotatable bonds is 2. The summed E-state index contributed by atoms with van der Waals surface area (Å²) in [6, 6.07) is 0. The molecule has 0 aromatic rings. The monoisotopic (exact) mass is 122 g/mol. The van der Waals surface area contributed by atoms with Crippen LogP contribution in [0.25, 0.3) is 0 Å². The molecular weight excluding hydrogens is 116 g/mol. The van der Waals surface area contributed by atoms with E-state index in [0.29, 0.717) is 0 Å². The Hall–Kier alpha value is -0.0862. The third-order valence-electron chi connectivity index (χ3n) is 0.508. The summed E-state index contributed by atoms with van der Waals surface area (Å²) in [5.41, 5.74) is 3.68. The Morgan fingerprint density at radius 1 is 1.00 bits per heavy atom. The minimum absolute atomic E-state index is 0.979. The van der Waals surface area contributed by atoms with Crippen molar-refractivity contribution in [2.45, 2.75) is 6.42 Å². The molecule has 0 aliphatic rings. The summed E-state index contributed by atoms with van der Waals surface area (Å²) in [6.07, 6.45) is 4.99. The Bertz CT molecular complexity index is 64.1. The Morgan fingerprint density at radius 3 is 1.71 bits per heavy atom. The second-order valence-corrected chi connectivity index (χ2v) is 1.71. The van der Waals surface area contributed by atoms with Gasteiger partial charge in [-0.25, -0.2) is 0 Å². The molecule has 0 bridgehead atoms. The van der Waals surface area contributed by atoms with E-state index >= 15 is 0 Å². The first-order valence-corrected chi connectivity index (χ1v) is 3.22. The van der Waals surface area contributed by atoms with Crippen LogP contribution < -0.4 is 0 Å². The van der Waals surface area contributed by atoms with Crippen molar-refractivity contribution < 1.29 is 0 Å². The molecule has 34 valence electrons. The molecule has 0 unspecified atom stereocenters. The topological polar surface area (TPSA) is 0 Å². The van der Waals surface area contributed by atoms with E-state index in [4.69, 9.17) is 0 Å². The van der Waals surface area contributed by atoms with Gasteiger partial charge in [0.1, 0.15) is 0 Å². The summed E-state index contributed by atoms with van der Waals surface area (Å²) < 4.78 is 0. The van der Waals surface area contributed by atoms with Crippen molar-refractivity contribution >= 4 is 20.5 Å². The van der Waals surface area contributed by atoms with Crippen LogP contribution in [0.2, 0.25) is 0 Å². The van der Waals surface area contributed by atoms with Crippen LogP contribution in [0, 0.1) is 0 Å². The van der Waals surface area contributed by atoms with Gasteiger partial charge in [0, 0.05) is 0 Å². The Balaban J connectivity index is 2.98. The molecule has 0 aromatic heterocycles. The molecule has 2 heteroatoms. The van der Waals surface area contributed by atoms with E-state index < -0.39 is 0 Å². The largest absolute Gasteiger partial charge is 0.106 e. The molecule has 0 aliphatic carbocycles. The molecule has 0 aliphatic heterocycles. The predicted molar refractivity (Wildman–Crippen MR) is 34.4 cm³/mol. The molecule has 0 amide bonds. The number of hydrogen-bond donors (Lipinski definition) is 0. The van der Waals surface area contributed by atoms with Gasteiger partial charge in [0.15, 0.2) is 0 Å². The van der Waals surface area contributed by atoms with Crippen molar-refractivity contribution in [2.24, 2.45) is 0 Å².